The van der Waals surface area contributed by atoms with Gasteiger partial charge in [-0.25, -0.2) is 13.0 Å². The fraction of sp³-hybridized carbons (Fsp3) is 0.429. The summed E-state index contributed by atoms with van der Waals surface area (Å²) < 4.78 is 43.1. The van der Waals surface area contributed by atoms with Crippen LogP contribution in [0, 0.1) is 0 Å². The molecule has 0 unspecified atom stereocenters. The summed E-state index contributed by atoms with van der Waals surface area (Å²) in [6.07, 6.45) is 1.03. The fourth-order valence-corrected chi connectivity index (χ4v) is 2.92. The minimum atomic E-state index is -2.88. The molecule has 0 aromatic heterocycles. The largest absolute Gasteiger partial charge is 0.304 e. The van der Waals surface area contributed by atoms with Crippen LogP contribution in [0.15, 0.2) is 28.7 Å². The molecule has 2 rings (SSSR count). The average molecular weight is 364 g/mol. The van der Waals surface area contributed by atoms with E-state index in [2.05, 4.69) is 20.7 Å². The molecular weight excluding hydrogens is 348 g/mol. The van der Waals surface area contributed by atoms with Crippen molar-refractivity contribution in [3.05, 3.63) is 39.9 Å². The van der Waals surface area contributed by atoms with Crippen LogP contribution in [0.25, 0.3) is 5.70 Å². The van der Waals surface area contributed by atoms with Crippen molar-refractivity contribution in [2.75, 3.05) is 0 Å². The topological polar surface area (TPSA) is 29.1 Å². The second kappa shape index (κ2) is 5.22. The van der Waals surface area contributed by atoms with E-state index in [1.807, 2.05) is 20.8 Å². The third kappa shape index (κ3) is 3.11. The van der Waals surface area contributed by atoms with Gasteiger partial charge in [-0.3, -0.25) is 0 Å². The van der Waals surface area contributed by atoms with Crippen molar-refractivity contribution >= 4 is 32.6 Å². The van der Waals surface area contributed by atoms with Crippen molar-refractivity contribution in [3.8, 4) is 0 Å². The standard InChI is InChI=1S/C14H16BrF2NOS/c1-13(2,3)20(19)18-12-6-7-14(16,17)11-5-4-9(15)8-10(11)12/h4-6,8,18H,7H2,1-3H3/t20-/m1/s1. The van der Waals surface area contributed by atoms with Crippen LogP contribution >= 0.6 is 15.9 Å². The Bertz CT molecular complexity index is 593. The first kappa shape index (κ1) is 15.6. The number of hydrogen-bond acceptors (Lipinski definition) is 1. The van der Waals surface area contributed by atoms with Gasteiger partial charge >= 0.3 is 0 Å². The van der Waals surface area contributed by atoms with Gasteiger partial charge in [0.1, 0.15) is 11.0 Å². The van der Waals surface area contributed by atoms with Gasteiger partial charge in [0.15, 0.2) is 0 Å². The molecule has 0 aliphatic heterocycles. The van der Waals surface area contributed by atoms with E-state index in [-0.39, 0.29) is 12.0 Å². The smallest absolute Gasteiger partial charge is 0.277 e. The van der Waals surface area contributed by atoms with Crippen LogP contribution in [0.3, 0.4) is 0 Å². The van der Waals surface area contributed by atoms with Gasteiger partial charge in [-0.15, -0.1) is 0 Å². The third-order valence-electron chi connectivity index (χ3n) is 2.99. The Hall–Kier alpha value is -0.750. The van der Waals surface area contributed by atoms with Crippen LogP contribution in [0.5, 0.6) is 0 Å². The Morgan fingerprint density at radius 2 is 2.00 bits per heavy atom. The predicted molar refractivity (Wildman–Crippen MR) is 81.7 cm³/mol. The Labute approximate surface area is 128 Å². The Kier molecular flexibility index (Phi) is 4.08. The van der Waals surface area contributed by atoms with Gasteiger partial charge < -0.3 is 4.72 Å². The number of halogens is 3. The van der Waals surface area contributed by atoms with Crippen LogP contribution in [0.2, 0.25) is 0 Å². The first-order valence-corrected chi connectivity index (χ1v) is 8.12. The zero-order valence-corrected chi connectivity index (χ0v) is 13.9. The number of rotatable bonds is 2. The molecule has 0 saturated heterocycles. The number of nitrogens with one attached hydrogen (secondary N) is 1. The summed E-state index contributed by atoms with van der Waals surface area (Å²) >= 11 is 3.29. The first-order valence-electron chi connectivity index (χ1n) is 6.18. The average Bonchev–Trinajstić information content (AvgIpc) is 2.31. The van der Waals surface area contributed by atoms with Crippen molar-refractivity contribution in [1.82, 2.24) is 4.72 Å². The van der Waals surface area contributed by atoms with Crippen LogP contribution in [0.4, 0.5) is 8.78 Å². The molecule has 20 heavy (non-hydrogen) atoms. The number of benzene rings is 1. The summed E-state index contributed by atoms with van der Waals surface area (Å²) in [6, 6.07) is 4.63. The van der Waals surface area contributed by atoms with Crippen molar-refractivity contribution in [1.29, 1.82) is 0 Å². The molecule has 110 valence electrons. The van der Waals surface area contributed by atoms with Crippen LogP contribution in [-0.2, 0) is 16.9 Å². The van der Waals surface area contributed by atoms with Crippen LogP contribution in [0.1, 0.15) is 38.3 Å². The second-order valence-electron chi connectivity index (χ2n) is 5.70. The molecule has 1 aromatic carbocycles. The highest BCUT2D eigenvalue weighted by atomic mass is 79.9. The molecular formula is C14H16BrF2NOS. The normalized spacial score (nSPS) is 19.0. The molecule has 0 fully saturated rings. The highest BCUT2D eigenvalue weighted by molar-refractivity contribution is 9.10. The SMILES string of the molecule is CC(C)(C)[S@@](=O)NC1=CCC(F)(F)c2ccc(Br)cc21. The van der Waals surface area contributed by atoms with Crippen molar-refractivity contribution in [2.24, 2.45) is 0 Å². The zero-order valence-electron chi connectivity index (χ0n) is 11.5. The molecule has 1 atom stereocenters. The monoisotopic (exact) mass is 363 g/mol. The Morgan fingerprint density at radius 3 is 2.60 bits per heavy atom. The number of allylic oxidation sites excluding steroid dienone is 1. The van der Waals surface area contributed by atoms with E-state index in [0.29, 0.717) is 15.7 Å². The molecule has 1 aliphatic carbocycles. The zero-order chi connectivity index (χ0) is 15.1. The fourth-order valence-electron chi connectivity index (χ4n) is 1.86. The lowest BCUT2D eigenvalue weighted by Gasteiger charge is -2.28. The second-order valence-corrected chi connectivity index (χ2v) is 8.58. The van der Waals surface area contributed by atoms with Crippen molar-refractivity contribution in [2.45, 2.75) is 37.9 Å². The van der Waals surface area contributed by atoms with Crippen LogP contribution in [-0.4, -0.2) is 8.96 Å². The maximum atomic E-state index is 13.9. The summed E-state index contributed by atoms with van der Waals surface area (Å²) in [5, 5.41) is 0. The van der Waals surface area contributed by atoms with Gasteiger partial charge in [-0.05, 0) is 32.9 Å². The maximum Gasteiger partial charge on any atom is 0.277 e. The number of hydrogen-bond donors (Lipinski definition) is 1. The minimum absolute atomic E-state index is 0.0309. The maximum absolute atomic E-state index is 13.9. The van der Waals surface area contributed by atoms with Gasteiger partial charge in [0.05, 0.1) is 10.4 Å². The summed E-state index contributed by atoms with van der Waals surface area (Å²) in [4.78, 5) is 0. The molecule has 0 amide bonds. The van der Waals surface area contributed by atoms with E-state index in [0.717, 1.165) is 0 Å². The quantitative estimate of drug-likeness (QED) is 0.831. The Balaban J connectivity index is 2.41. The van der Waals surface area contributed by atoms with Crippen molar-refractivity contribution in [3.63, 3.8) is 0 Å². The number of fused-ring (bicyclic) bond motifs is 1. The molecule has 1 aliphatic rings. The lowest BCUT2D eigenvalue weighted by atomic mass is 9.92. The van der Waals surface area contributed by atoms with E-state index in [1.165, 1.54) is 12.1 Å². The van der Waals surface area contributed by atoms with Crippen molar-refractivity contribution < 1.29 is 13.0 Å². The van der Waals surface area contributed by atoms with E-state index in [9.17, 15) is 13.0 Å². The minimum Gasteiger partial charge on any atom is -0.304 e. The Morgan fingerprint density at radius 1 is 1.35 bits per heavy atom. The first-order chi connectivity index (χ1) is 9.11. The molecule has 0 heterocycles. The third-order valence-corrected chi connectivity index (χ3v) is 5.00. The van der Waals surface area contributed by atoms with Gasteiger partial charge in [-0.1, -0.05) is 28.1 Å². The molecule has 2 nitrogen and oxygen atoms in total. The molecule has 0 bridgehead atoms. The molecule has 0 radical (unpaired) electrons. The molecule has 1 aromatic rings. The van der Waals surface area contributed by atoms with Gasteiger partial charge in [-0.2, -0.15) is 0 Å². The molecule has 0 spiro atoms. The summed E-state index contributed by atoms with van der Waals surface area (Å²) in [5.41, 5.74) is 0.866. The summed E-state index contributed by atoms with van der Waals surface area (Å²) in [7, 11) is -1.35. The molecule has 6 heteroatoms. The van der Waals surface area contributed by atoms with Gasteiger partial charge in [0.25, 0.3) is 5.92 Å². The van der Waals surface area contributed by atoms with E-state index in [4.69, 9.17) is 0 Å². The summed E-state index contributed by atoms with van der Waals surface area (Å²) in [6.45, 7) is 5.49. The lowest BCUT2D eigenvalue weighted by molar-refractivity contribution is -0.00263. The predicted octanol–water partition coefficient (Wildman–Crippen LogP) is 4.34. The summed E-state index contributed by atoms with van der Waals surface area (Å²) in [5.74, 6) is -2.88. The van der Waals surface area contributed by atoms with Crippen LogP contribution < -0.4 is 4.72 Å². The molecule has 1 N–H and O–H groups in total. The lowest BCUT2D eigenvalue weighted by Crippen LogP contribution is -2.34. The molecule has 0 saturated carbocycles. The van der Waals surface area contributed by atoms with E-state index in [1.54, 1.807) is 12.1 Å². The number of alkyl halides is 2. The highest BCUT2D eigenvalue weighted by Crippen LogP contribution is 2.42. The van der Waals surface area contributed by atoms with Gasteiger partial charge in [0, 0.05) is 22.0 Å². The highest BCUT2D eigenvalue weighted by Gasteiger charge is 2.37. The van der Waals surface area contributed by atoms with E-state index < -0.39 is 21.7 Å². The van der Waals surface area contributed by atoms with E-state index >= 15 is 0 Å². The van der Waals surface area contributed by atoms with Gasteiger partial charge in [0.2, 0.25) is 0 Å².